The molecular weight excluding hydrogens is 701 g/mol. The third-order valence-corrected chi connectivity index (χ3v) is 10.9. The molecule has 2 fully saturated rings. The quantitative estimate of drug-likeness (QED) is 0.106. The Hall–Kier alpha value is -5.26. The van der Waals surface area contributed by atoms with Gasteiger partial charge in [-0.15, -0.1) is 0 Å². The molecule has 6 aromatic rings. The molecule has 8 rings (SSSR count). The summed E-state index contributed by atoms with van der Waals surface area (Å²) in [5.41, 5.74) is 5.77. The van der Waals surface area contributed by atoms with Crippen molar-refractivity contribution in [1.29, 1.82) is 0 Å². The van der Waals surface area contributed by atoms with Gasteiger partial charge in [-0.25, -0.2) is 0 Å². The Balaban J connectivity index is 0.000000172. The molecule has 2 aliphatic rings. The first kappa shape index (κ1) is 39.0. The molecule has 0 bridgehead atoms. The number of hydrogen-bond acceptors (Lipinski definition) is 6. The van der Waals surface area contributed by atoms with Gasteiger partial charge in [0.1, 0.15) is 11.4 Å². The largest absolute Gasteiger partial charge is 0.378 e. The first-order valence-electron chi connectivity index (χ1n) is 20.0. The number of H-pyrrole nitrogens is 2. The zero-order valence-electron chi connectivity index (χ0n) is 32.5. The highest BCUT2D eigenvalue weighted by molar-refractivity contribution is 5.99. The minimum Gasteiger partial charge on any atom is -0.378 e. The van der Waals surface area contributed by atoms with Crippen molar-refractivity contribution in [3.8, 4) is 0 Å². The highest BCUT2D eigenvalue weighted by atomic mass is 16.5. The van der Waals surface area contributed by atoms with Crippen molar-refractivity contribution in [2.45, 2.75) is 63.9 Å². The highest BCUT2D eigenvalue weighted by Gasteiger charge is 2.32. The lowest BCUT2D eigenvalue weighted by molar-refractivity contribution is 0.00266. The van der Waals surface area contributed by atoms with E-state index in [2.05, 4.69) is 69.1 Å². The lowest BCUT2D eigenvalue weighted by Gasteiger charge is -2.37. The van der Waals surface area contributed by atoms with Gasteiger partial charge in [0.2, 0.25) is 0 Å². The molecule has 4 atom stereocenters. The van der Waals surface area contributed by atoms with Crippen LogP contribution < -0.4 is 10.6 Å². The SMILES string of the molecule is CCN(C(=O)c1cc2ccccc2[nH]1)C1COC[C@@H](NCc2ccccc2)C1.CCN(C(=O)c1cc2ccccc2[nH]1)C1COC[C@H](NCc2ccccc2)C1. The summed E-state index contributed by atoms with van der Waals surface area (Å²) in [5.74, 6) is 0.0759. The van der Waals surface area contributed by atoms with Crippen molar-refractivity contribution in [1.82, 2.24) is 30.4 Å². The fourth-order valence-corrected chi connectivity index (χ4v) is 7.88. The number of carbonyl (C=O) groups excluding carboxylic acids is 2. The Bertz CT molecular complexity index is 1930. The Morgan fingerprint density at radius 2 is 0.964 bits per heavy atom. The second-order valence-electron chi connectivity index (χ2n) is 14.7. The van der Waals surface area contributed by atoms with Crippen LogP contribution in [0.5, 0.6) is 0 Å². The van der Waals surface area contributed by atoms with Crippen LogP contribution in [-0.2, 0) is 22.6 Å². The first-order valence-corrected chi connectivity index (χ1v) is 20.0. The maximum atomic E-state index is 13.1. The molecule has 2 aliphatic heterocycles. The molecular formula is C46H54N6O4. The lowest BCUT2D eigenvalue weighted by Crippen LogP contribution is -2.51. The number of aromatic amines is 2. The molecule has 292 valence electrons. The monoisotopic (exact) mass is 754 g/mol. The molecule has 10 nitrogen and oxygen atoms in total. The van der Waals surface area contributed by atoms with E-state index in [0.717, 1.165) is 47.7 Å². The fraction of sp³-hybridized carbons (Fsp3) is 0.348. The standard InChI is InChI=1S/2C23H27N3O2/c2*1-2-26(23(27)22-12-18-10-6-7-11-21(18)25-22)20-13-19(15-28-16-20)24-14-17-8-4-3-5-9-17/h2*3-12,19-20,24-25H,2,13-16H2,1H3/t2*19-,20?/m10/s1. The number of para-hydroxylation sites is 2. The van der Waals surface area contributed by atoms with E-state index in [1.807, 2.05) is 96.4 Å². The number of ether oxygens (including phenoxy) is 2. The van der Waals surface area contributed by atoms with Crippen molar-refractivity contribution >= 4 is 33.6 Å². The zero-order valence-corrected chi connectivity index (χ0v) is 32.5. The van der Waals surface area contributed by atoms with Crippen molar-refractivity contribution in [3.63, 3.8) is 0 Å². The molecule has 4 heterocycles. The van der Waals surface area contributed by atoms with Gasteiger partial charge in [-0.05, 0) is 62.1 Å². The van der Waals surface area contributed by atoms with E-state index < -0.39 is 0 Å². The molecule has 4 aromatic carbocycles. The molecule has 0 saturated carbocycles. The van der Waals surface area contributed by atoms with Crippen LogP contribution in [0.2, 0.25) is 0 Å². The van der Waals surface area contributed by atoms with E-state index in [9.17, 15) is 9.59 Å². The van der Waals surface area contributed by atoms with Crippen LogP contribution in [0.15, 0.2) is 121 Å². The lowest BCUT2D eigenvalue weighted by atomic mass is 10.0. The average Bonchev–Trinajstić information content (AvgIpc) is 3.89. The minimum absolute atomic E-state index is 0.0380. The van der Waals surface area contributed by atoms with E-state index in [0.29, 0.717) is 50.9 Å². The number of aromatic nitrogens is 2. The van der Waals surface area contributed by atoms with E-state index >= 15 is 0 Å². The number of likely N-dealkylation sites (N-methyl/N-ethyl adjacent to an activating group) is 2. The van der Waals surface area contributed by atoms with Crippen LogP contribution in [0, 0.1) is 0 Å². The Labute approximate surface area is 329 Å². The summed E-state index contributed by atoms with van der Waals surface area (Å²) in [6.45, 7) is 9.54. The van der Waals surface area contributed by atoms with Crippen LogP contribution in [-0.4, -0.2) is 95.3 Å². The smallest absolute Gasteiger partial charge is 0.270 e. The summed E-state index contributed by atoms with van der Waals surface area (Å²) >= 11 is 0. The molecule has 0 spiro atoms. The van der Waals surface area contributed by atoms with Gasteiger partial charge >= 0.3 is 0 Å². The number of amides is 2. The molecule has 2 saturated heterocycles. The van der Waals surface area contributed by atoms with Crippen LogP contribution >= 0.6 is 0 Å². The zero-order chi connectivity index (χ0) is 38.7. The second-order valence-corrected chi connectivity index (χ2v) is 14.7. The third kappa shape index (κ3) is 9.75. The van der Waals surface area contributed by atoms with Gasteiger partial charge in [-0.2, -0.15) is 0 Å². The summed E-state index contributed by atoms with van der Waals surface area (Å²) in [4.78, 5) is 36.7. The molecule has 0 aliphatic carbocycles. The third-order valence-electron chi connectivity index (χ3n) is 10.9. The van der Waals surface area contributed by atoms with E-state index in [1.165, 1.54) is 11.1 Å². The van der Waals surface area contributed by atoms with Gasteiger partial charge in [0.05, 0.1) is 38.5 Å². The summed E-state index contributed by atoms with van der Waals surface area (Å²) in [6.07, 6.45) is 1.79. The number of nitrogens with one attached hydrogen (secondary N) is 4. The van der Waals surface area contributed by atoms with Crippen LogP contribution in [0.1, 0.15) is 58.8 Å². The fourth-order valence-electron chi connectivity index (χ4n) is 7.88. The van der Waals surface area contributed by atoms with E-state index in [1.54, 1.807) is 0 Å². The van der Waals surface area contributed by atoms with Crippen molar-refractivity contribution in [2.75, 3.05) is 39.5 Å². The highest BCUT2D eigenvalue weighted by Crippen LogP contribution is 2.22. The molecule has 4 N–H and O–H groups in total. The Morgan fingerprint density at radius 1 is 0.571 bits per heavy atom. The number of fused-ring (bicyclic) bond motifs is 2. The van der Waals surface area contributed by atoms with Gasteiger partial charge in [-0.3, -0.25) is 9.59 Å². The summed E-state index contributed by atoms with van der Waals surface area (Å²) in [7, 11) is 0. The Kier molecular flexibility index (Phi) is 13.3. The number of rotatable bonds is 12. The molecule has 10 heteroatoms. The normalized spacial score (nSPS) is 19.6. The van der Waals surface area contributed by atoms with Crippen molar-refractivity contribution < 1.29 is 19.1 Å². The van der Waals surface area contributed by atoms with Gasteiger partial charge < -0.3 is 39.9 Å². The van der Waals surface area contributed by atoms with Crippen molar-refractivity contribution in [3.05, 3.63) is 144 Å². The maximum absolute atomic E-state index is 13.1. The van der Waals surface area contributed by atoms with E-state index in [-0.39, 0.29) is 36.0 Å². The predicted molar refractivity (Wildman–Crippen MR) is 223 cm³/mol. The van der Waals surface area contributed by atoms with Crippen LogP contribution in [0.4, 0.5) is 0 Å². The van der Waals surface area contributed by atoms with Crippen LogP contribution in [0.25, 0.3) is 21.8 Å². The molecule has 2 amide bonds. The second kappa shape index (κ2) is 19.1. The molecule has 56 heavy (non-hydrogen) atoms. The maximum Gasteiger partial charge on any atom is 0.270 e. The predicted octanol–water partition coefficient (Wildman–Crippen LogP) is 7.15. The first-order chi connectivity index (χ1) is 27.5. The van der Waals surface area contributed by atoms with Gasteiger partial charge in [-0.1, -0.05) is 97.1 Å². The summed E-state index contributed by atoms with van der Waals surface area (Å²) < 4.78 is 11.7. The van der Waals surface area contributed by atoms with E-state index in [4.69, 9.17) is 9.47 Å². The molecule has 2 unspecified atom stereocenters. The Morgan fingerprint density at radius 3 is 1.36 bits per heavy atom. The van der Waals surface area contributed by atoms with Crippen LogP contribution in [0.3, 0.4) is 0 Å². The summed E-state index contributed by atoms with van der Waals surface area (Å²) in [5, 5.41) is 9.27. The van der Waals surface area contributed by atoms with Gasteiger partial charge in [0, 0.05) is 60.1 Å². The minimum atomic E-state index is 0.0380. The van der Waals surface area contributed by atoms with Gasteiger partial charge in [0.25, 0.3) is 11.8 Å². The topological polar surface area (TPSA) is 115 Å². The number of carbonyl (C=O) groups is 2. The van der Waals surface area contributed by atoms with Crippen molar-refractivity contribution in [2.24, 2.45) is 0 Å². The summed E-state index contributed by atoms with van der Waals surface area (Å²) in [6, 6.07) is 41.2. The number of hydrogen-bond donors (Lipinski definition) is 4. The van der Waals surface area contributed by atoms with Gasteiger partial charge in [0.15, 0.2) is 0 Å². The number of benzene rings is 4. The number of nitrogens with zero attached hydrogens (tertiary/aromatic N) is 2. The average molecular weight is 755 g/mol. The molecule has 2 aromatic heterocycles. The molecule has 0 radical (unpaired) electrons.